The van der Waals surface area contributed by atoms with Gasteiger partial charge in [0.15, 0.2) is 0 Å². The molecule has 1 aromatic carbocycles. The molecule has 1 heterocycles. The van der Waals surface area contributed by atoms with E-state index in [2.05, 4.69) is 5.32 Å². The number of anilines is 1. The molecule has 0 unspecified atom stereocenters. The number of carbonyl (C=O) groups is 2. The van der Waals surface area contributed by atoms with E-state index in [4.69, 9.17) is 23.2 Å². The van der Waals surface area contributed by atoms with Gasteiger partial charge in [-0.2, -0.15) is 0 Å². The molecule has 0 aliphatic heterocycles. The molecule has 1 N–H and O–H groups in total. The number of aromatic nitrogens is 1. The van der Waals surface area contributed by atoms with Crippen LogP contribution in [-0.4, -0.2) is 45.4 Å². The average Bonchev–Trinajstić information content (AvgIpc) is 3.44. The molecule has 0 spiro atoms. The molecule has 0 saturated heterocycles. The van der Waals surface area contributed by atoms with Crippen LogP contribution in [0.1, 0.15) is 32.4 Å². The van der Waals surface area contributed by atoms with E-state index in [1.807, 2.05) is 48.7 Å². The van der Waals surface area contributed by atoms with Crippen molar-refractivity contribution in [3.63, 3.8) is 0 Å². The Morgan fingerprint density at radius 1 is 1.20 bits per heavy atom. The third-order valence-electron chi connectivity index (χ3n) is 5.06. The summed E-state index contributed by atoms with van der Waals surface area (Å²) in [4.78, 5) is 29.6. The Morgan fingerprint density at radius 3 is 2.50 bits per heavy atom. The Balaban J connectivity index is 1.70. The standard InChI is InChI=1S/C22H28Cl2N4O2/c1-15(2)12-27(22(30)25-16-6-9-19(23)20(24)11-16)14-21(29)28(17-7-8-17)13-18-5-4-10-26(18)3/h4-6,9-11,15,17H,7-8,12-14H2,1-3H3,(H,25,30). The molecule has 162 valence electrons. The first-order chi connectivity index (χ1) is 14.2. The SMILES string of the molecule is CC(C)CN(CC(=O)N(Cc1cccn1C)C1CC1)C(=O)Nc1ccc(Cl)c(Cl)c1. The summed E-state index contributed by atoms with van der Waals surface area (Å²) in [6, 6.07) is 8.84. The highest BCUT2D eigenvalue weighted by Crippen LogP contribution is 2.29. The molecule has 1 aliphatic carbocycles. The van der Waals surface area contributed by atoms with Crippen LogP contribution in [0, 0.1) is 5.92 Å². The monoisotopic (exact) mass is 450 g/mol. The van der Waals surface area contributed by atoms with Crippen LogP contribution in [0.5, 0.6) is 0 Å². The topological polar surface area (TPSA) is 57.6 Å². The minimum absolute atomic E-state index is 0.0340. The van der Waals surface area contributed by atoms with Crippen molar-refractivity contribution in [3.8, 4) is 0 Å². The van der Waals surface area contributed by atoms with Crippen LogP contribution >= 0.6 is 23.2 Å². The van der Waals surface area contributed by atoms with Crippen LogP contribution in [0.4, 0.5) is 10.5 Å². The lowest BCUT2D eigenvalue weighted by molar-refractivity contribution is -0.133. The lowest BCUT2D eigenvalue weighted by atomic mass is 10.2. The summed E-state index contributed by atoms with van der Waals surface area (Å²) in [5, 5.41) is 3.61. The smallest absolute Gasteiger partial charge is 0.322 e. The fourth-order valence-corrected chi connectivity index (χ4v) is 3.63. The molecular weight excluding hydrogens is 423 g/mol. The minimum Gasteiger partial charge on any atom is -0.353 e. The van der Waals surface area contributed by atoms with Gasteiger partial charge in [-0.15, -0.1) is 0 Å². The molecule has 6 nitrogen and oxygen atoms in total. The Kier molecular flexibility index (Phi) is 7.32. The maximum atomic E-state index is 13.2. The van der Waals surface area contributed by atoms with Crippen LogP contribution in [0.25, 0.3) is 0 Å². The van der Waals surface area contributed by atoms with Crippen molar-refractivity contribution in [2.24, 2.45) is 13.0 Å². The molecule has 0 atom stereocenters. The number of aryl methyl sites for hydroxylation is 1. The van der Waals surface area contributed by atoms with Gasteiger partial charge in [0.05, 0.1) is 16.6 Å². The number of halogens is 2. The molecule has 1 aromatic heterocycles. The summed E-state index contributed by atoms with van der Waals surface area (Å²) in [6.45, 7) is 5.10. The summed E-state index contributed by atoms with van der Waals surface area (Å²) >= 11 is 12.0. The van der Waals surface area contributed by atoms with Gasteiger partial charge < -0.3 is 19.7 Å². The zero-order valence-electron chi connectivity index (χ0n) is 17.6. The maximum Gasteiger partial charge on any atom is 0.322 e. The van der Waals surface area contributed by atoms with E-state index >= 15 is 0 Å². The number of amides is 3. The Hall–Kier alpha value is -2.18. The van der Waals surface area contributed by atoms with Gasteiger partial charge in [-0.1, -0.05) is 37.0 Å². The van der Waals surface area contributed by atoms with E-state index < -0.39 is 0 Å². The number of benzene rings is 1. The van der Waals surface area contributed by atoms with E-state index in [1.165, 1.54) is 0 Å². The van der Waals surface area contributed by atoms with Crippen molar-refractivity contribution in [1.82, 2.24) is 14.4 Å². The highest BCUT2D eigenvalue weighted by molar-refractivity contribution is 6.42. The first-order valence-electron chi connectivity index (χ1n) is 10.1. The lowest BCUT2D eigenvalue weighted by Gasteiger charge is -2.29. The van der Waals surface area contributed by atoms with Crippen LogP contribution in [0.15, 0.2) is 36.5 Å². The van der Waals surface area contributed by atoms with Crippen LogP contribution in [-0.2, 0) is 18.4 Å². The second kappa shape index (κ2) is 9.75. The zero-order chi connectivity index (χ0) is 21.8. The van der Waals surface area contributed by atoms with Crippen LogP contribution < -0.4 is 5.32 Å². The number of carbonyl (C=O) groups excluding carboxylic acids is 2. The Morgan fingerprint density at radius 2 is 1.93 bits per heavy atom. The summed E-state index contributed by atoms with van der Waals surface area (Å²) in [5.74, 6) is 0.184. The minimum atomic E-state index is -0.329. The Bertz CT molecular complexity index is 908. The van der Waals surface area contributed by atoms with Gasteiger partial charge in [0.25, 0.3) is 0 Å². The number of nitrogens with zero attached hydrogens (tertiary/aromatic N) is 3. The first kappa shape index (κ1) is 22.5. The van der Waals surface area contributed by atoms with Crippen LogP contribution in [0.3, 0.4) is 0 Å². The van der Waals surface area contributed by atoms with Gasteiger partial charge >= 0.3 is 6.03 Å². The molecule has 2 aromatic rings. The summed E-state index contributed by atoms with van der Waals surface area (Å²) < 4.78 is 2.02. The number of urea groups is 1. The highest BCUT2D eigenvalue weighted by Gasteiger charge is 2.34. The van der Waals surface area contributed by atoms with Gasteiger partial charge in [0, 0.05) is 37.2 Å². The van der Waals surface area contributed by atoms with Crippen molar-refractivity contribution < 1.29 is 9.59 Å². The number of hydrogen-bond donors (Lipinski definition) is 1. The van der Waals surface area contributed by atoms with Gasteiger partial charge in [-0.25, -0.2) is 4.79 Å². The van der Waals surface area contributed by atoms with Crippen molar-refractivity contribution in [2.75, 3.05) is 18.4 Å². The van der Waals surface area contributed by atoms with E-state index in [-0.39, 0.29) is 30.4 Å². The number of nitrogens with one attached hydrogen (secondary N) is 1. The fourth-order valence-electron chi connectivity index (χ4n) is 3.33. The zero-order valence-corrected chi connectivity index (χ0v) is 19.1. The number of rotatable bonds is 8. The maximum absolute atomic E-state index is 13.2. The molecule has 3 rings (SSSR count). The number of hydrogen-bond acceptors (Lipinski definition) is 2. The lowest BCUT2D eigenvalue weighted by Crippen LogP contribution is -2.46. The van der Waals surface area contributed by atoms with Crippen molar-refractivity contribution in [1.29, 1.82) is 0 Å². The molecule has 1 fully saturated rings. The molecule has 3 amide bonds. The quantitative estimate of drug-likeness (QED) is 0.613. The van der Waals surface area contributed by atoms with E-state index in [9.17, 15) is 9.59 Å². The Labute approximate surface area is 187 Å². The highest BCUT2D eigenvalue weighted by atomic mass is 35.5. The third-order valence-corrected chi connectivity index (χ3v) is 5.80. The van der Waals surface area contributed by atoms with E-state index in [0.29, 0.717) is 28.8 Å². The molecule has 1 aliphatic rings. The van der Waals surface area contributed by atoms with Crippen molar-refractivity contribution in [3.05, 3.63) is 52.3 Å². The van der Waals surface area contributed by atoms with Crippen molar-refractivity contribution in [2.45, 2.75) is 39.3 Å². The average molecular weight is 451 g/mol. The molecular formula is C22H28Cl2N4O2. The predicted octanol–water partition coefficient (Wildman–Crippen LogP) is 5.01. The summed E-state index contributed by atoms with van der Waals surface area (Å²) in [5.41, 5.74) is 1.62. The predicted molar refractivity (Wildman–Crippen MR) is 121 cm³/mol. The molecule has 8 heteroatoms. The summed E-state index contributed by atoms with van der Waals surface area (Å²) in [7, 11) is 1.97. The molecule has 1 saturated carbocycles. The summed E-state index contributed by atoms with van der Waals surface area (Å²) in [6.07, 6.45) is 3.99. The third kappa shape index (κ3) is 5.92. The molecule has 30 heavy (non-hydrogen) atoms. The van der Waals surface area contributed by atoms with Gasteiger partial charge in [-0.05, 0) is 49.1 Å². The van der Waals surface area contributed by atoms with Gasteiger partial charge in [0.2, 0.25) is 5.91 Å². The van der Waals surface area contributed by atoms with Gasteiger partial charge in [0.1, 0.15) is 6.54 Å². The molecule has 0 radical (unpaired) electrons. The first-order valence-corrected chi connectivity index (χ1v) is 10.9. The van der Waals surface area contributed by atoms with E-state index in [0.717, 1.165) is 18.5 Å². The van der Waals surface area contributed by atoms with Gasteiger partial charge in [-0.3, -0.25) is 4.79 Å². The second-order valence-electron chi connectivity index (χ2n) is 8.20. The normalized spacial score (nSPS) is 13.4. The molecule has 0 bridgehead atoms. The fraction of sp³-hybridized carbons (Fsp3) is 0.455. The van der Waals surface area contributed by atoms with E-state index in [1.54, 1.807) is 23.1 Å². The van der Waals surface area contributed by atoms with Crippen LogP contribution in [0.2, 0.25) is 10.0 Å². The second-order valence-corrected chi connectivity index (χ2v) is 9.01. The largest absolute Gasteiger partial charge is 0.353 e. The van der Waals surface area contributed by atoms with Crippen molar-refractivity contribution >= 4 is 40.8 Å².